The maximum atomic E-state index is 11.9. The Morgan fingerprint density at radius 2 is 1.92 bits per heavy atom. The Hall–Kier alpha value is -0.540. The summed E-state index contributed by atoms with van der Waals surface area (Å²) in [6, 6.07) is 0. The average molecular weight is 182 g/mol. The first kappa shape index (κ1) is 11.5. The molecule has 0 aromatic rings. The van der Waals surface area contributed by atoms with Gasteiger partial charge in [-0.15, -0.1) is 0 Å². The molecule has 0 bridgehead atoms. The molecule has 0 aliphatic heterocycles. The van der Waals surface area contributed by atoms with Gasteiger partial charge >= 0.3 is 6.18 Å². The number of hydrogen-bond donors (Lipinski definition) is 0. The van der Waals surface area contributed by atoms with E-state index in [4.69, 9.17) is 0 Å². The summed E-state index contributed by atoms with van der Waals surface area (Å²) in [5.74, 6) is -1.76. The maximum Gasteiger partial charge on any atom is 0.398 e. The van der Waals surface area contributed by atoms with Gasteiger partial charge in [-0.25, -0.2) is 0 Å². The van der Waals surface area contributed by atoms with Crippen molar-refractivity contribution in [2.24, 2.45) is 5.92 Å². The maximum absolute atomic E-state index is 11.9. The van der Waals surface area contributed by atoms with Crippen molar-refractivity contribution in [3.63, 3.8) is 0 Å². The molecule has 0 rings (SSSR count). The summed E-state index contributed by atoms with van der Waals surface area (Å²) in [7, 11) is 0. The molecular formula is C8H13F3O. The van der Waals surface area contributed by atoms with Gasteiger partial charge < -0.3 is 4.79 Å². The molecule has 0 aromatic carbocycles. The SMILES string of the molecule is CCCCCC(C=O)C(F)(F)F. The molecule has 0 aromatic heterocycles. The molecule has 1 atom stereocenters. The lowest BCUT2D eigenvalue weighted by Crippen LogP contribution is -2.23. The number of hydrogen-bond acceptors (Lipinski definition) is 1. The smallest absolute Gasteiger partial charge is 0.303 e. The molecular weight excluding hydrogens is 169 g/mol. The van der Waals surface area contributed by atoms with Gasteiger partial charge in [-0.1, -0.05) is 26.2 Å². The fraction of sp³-hybridized carbons (Fsp3) is 0.875. The fourth-order valence-electron chi connectivity index (χ4n) is 0.923. The van der Waals surface area contributed by atoms with E-state index in [0.717, 1.165) is 12.8 Å². The van der Waals surface area contributed by atoms with Crippen LogP contribution in [-0.4, -0.2) is 12.5 Å². The highest BCUT2D eigenvalue weighted by molar-refractivity contribution is 5.54. The van der Waals surface area contributed by atoms with Crippen molar-refractivity contribution in [2.45, 2.75) is 38.8 Å². The molecule has 0 aliphatic rings. The van der Waals surface area contributed by atoms with Crippen LogP contribution in [0.25, 0.3) is 0 Å². The molecule has 12 heavy (non-hydrogen) atoms. The molecule has 1 unspecified atom stereocenters. The first-order valence-electron chi connectivity index (χ1n) is 4.04. The van der Waals surface area contributed by atoms with Gasteiger partial charge in [0.15, 0.2) is 0 Å². The fourth-order valence-corrected chi connectivity index (χ4v) is 0.923. The van der Waals surface area contributed by atoms with Crippen LogP contribution in [0.15, 0.2) is 0 Å². The van der Waals surface area contributed by atoms with Crippen LogP contribution in [0.5, 0.6) is 0 Å². The third-order valence-corrected chi connectivity index (χ3v) is 1.70. The Labute approximate surface area is 70.0 Å². The van der Waals surface area contributed by atoms with Gasteiger partial charge in [0, 0.05) is 0 Å². The lowest BCUT2D eigenvalue weighted by Gasteiger charge is -2.13. The Morgan fingerprint density at radius 1 is 1.33 bits per heavy atom. The minimum absolute atomic E-state index is 0.00431. The van der Waals surface area contributed by atoms with Crippen LogP contribution in [0.4, 0.5) is 13.2 Å². The Kier molecular flexibility index (Phi) is 4.93. The lowest BCUT2D eigenvalue weighted by molar-refractivity contribution is -0.175. The van der Waals surface area contributed by atoms with E-state index in [0.29, 0.717) is 6.42 Å². The molecule has 0 heterocycles. The monoisotopic (exact) mass is 182 g/mol. The van der Waals surface area contributed by atoms with E-state index >= 15 is 0 Å². The summed E-state index contributed by atoms with van der Waals surface area (Å²) in [5.41, 5.74) is 0. The number of halogens is 3. The minimum atomic E-state index is -4.35. The van der Waals surface area contributed by atoms with Crippen molar-refractivity contribution in [1.82, 2.24) is 0 Å². The first-order chi connectivity index (χ1) is 5.52. The van der Waals surface area contributed by atoms with Gasteiger partial charge in [-0.3, -0.25) is 0 Å². The summed E-state index contributed by atoms with van der Waals surface area (Å²) in [4.78, 5) is 10.0. The molecule has 0 amide bonds. The van der Waals surface area contributed by atoms with Crippen molar-refractivity contribution in [1.29, 1.82) is 0 Å². The average Bonchev–Trinajstić information content (AvgIpc) is 1.95. The van der Waals surface area contributed by atoms with Gasteiger partial charge in [0.2, 0.25) is 0 Å². The van der Waals surface area contributed by atoms with Crippen LogP contribution in [0.1, 0.15) is 32.6 Å². The molecule has 0 radical (unpaired) electrons. The van der Waals surface area contributed by atoms with E-state index in [1.54, 1.807) is 0 Å². The Balaban J connectivity index is 3.76. The number of aldehydes is 1. The highest BCUT2D eigenvalue weighted by Gasteiger charge is 2.38. The minimum Gasteiger partial charge on any atom is -0.303 e. The molecule has 0 saturated heterocycles. The highest BCUT2D eigenvalue weighted by Crippen LogP contribution is 2.28. The lowest BCUT2D eigenvalue weighted by atomic mass is 10.0. The van der Waals surface area contributed by atoms with Crippen LogP contribution in [0.3, 0.4) is 0 Å². The van der Waals surface area contributed by atoms with E-state index < -0.39 is 12.1 Å². The third-order valence-electron chi connectivity index (χ3n) is 1.70. The van der Waals surface area contributed by atoms with Crippen molar-refractivity contribution >= 4 is 6.29 Å². The van der Waals surface area contributed by atoms with Crippen LogP contribution < -0.4 is 0 Å². The standard InChI is InChI=1S/C8H13F3O/c1-2-3-4-5-7(6-12)8(9,10)11/h6-7H,2-5H2,1H3. The van der Waals surface area contributed by atoms with Crippen LogP contribution in [0.2, 0.25) is 0 Å². The molecule has 1 nitrogen and oxygen atoms in total. The Morgan fingerprint density at radius 3 is 2.25 bits per heavy atom. The van der Waals surface area contributed by atoms with Crippen LogP contribution in [-0.2, 0) is 4.79 Å². The van der Waals surface area contributed by atoms with E-state index in [9.17, 15) is 18.0 Å². The van der Waals surface area contributed by atoms with E-state index in [-0.39, 0.29) is 12.7 Å². The predicted molar refractivity (Wildman–Crippen MR) is 39.8 cm³/mol. The van der Waals surface area contributed by atoms with Crippen molar-refractivity contribution in [3.8, 4) is 0 Å². The summed E-state index contributed by atoms with van der Waals surface area (Å²) in [5, 5.41) is 0. The van der Waals surface area contributed by atoms with Crippen molar-refractivity contribution in [2.75, 3.05) is 0 Å². The number of rotatable bonds is 5. The number of alkyl halides is 3. The molecule has 4 heteroatoms. The molecule has 72 valence electrons. The van der Waals surface area contributed by atoms with Gasteiger partial charge in [0.1, 0.15) is 12.2 Å². The van der Waals surface area contributed by atoms with Crippen molar-refractivity contribution < 1.29 is 18.0 Å². The van der Waals surface area contributed by atoms with Crippen LogP contribution in [0, 0.1) is 5.92 Å². The second-order valence-corrected chi connectivity index (χ2v) is 2.78. The number of carbonyl (C=O) groups excluding carboxylic acids is 1. The van der Waals surface area contributed by atoms with Gasteiger partial charge in [0.05, 0.1) is 0 Å². The summed E-state index contributed by atoms with van der Waals surface area (Å²) < 4.78 is 35.7. The first-order valence-corrected chi connectivity index (χ1v) is 4.04. The summed E-state index contributed by atoms with van der Waals surface area (Å²) in [6.45, 7) is 1.91. The zero-order valence-electron chi connectivity index (χ0n) is 7.03. The summed E-state index contributed by atoms with van der Waals surface area (Å²) >= 11 is 0. The third kappa shape index (κ3) is 4.36. The number of unbranched alkanes of at least 4 members (excludes halogenated alkanes) is 2. The quantitative estimate of drug-likeness (QED) is 0.472. The van der Waals surface area contributed by atoms with E-state index in [1.165, 1.54) is 0 Å². The normalized spacial score (nSPS) is 14.3. The zero-order valence-corrected chi connectivity index (χ0v) is 7.03. The van der Waals surface area contributed by atoms with E-state index in [2.05, 4.69) is 0 Å². The van der Waals surface area contributed by atoms with Crippen LogP contribution >= 0.6 is 0 Å². The second-order valence-electron chi connectivity index (χ2n) is 2.78. The van der Waals surface area contributed by atoms with Crippen molar-refractivity contribution in [3.05, 3.63) is 0 Å². The Bertz CT molecular complexity index is 131. The largest absolute Gasteiger partial charge is 0.398 e. The van der Waals surface area contributed by atoms with Gasteiger partial charge in [0.25, 0.3) is 0 Å². The van der Waals surface area contributed by atoms with Gasteiger partial charge in [-0.05, 0) is 6.42 Å². The molecule has 0 saturated carbocycles. The molecule has 0 aliphatic carbocycles. The molecule has 0 spiro atoms. The molecule has 0 fully saturated rings. The van der Waals surface area contributed by atoms with E-state index in [1.807, 2.05) is 6.92 Å². The predicted octanol–water partition coefficient (Wildman–Crippen LogP) is 2.94. The summed E-state index contributed by atoms with van der Waals surface area (Å²) in [6.07, 6.45) is -2.34. The molecule has 0 N–H and O–H groups in total. The van der Waals surface area contributed by atoms with Gasteiger partial charge in [-0.2, -0.15) is 13.2 Å². The zero-order chi connectivity index (χ0) is 9.61. The number of carbonyl (C=O) groups is 1. The second kappa shape index (κ2) is 5.17. The highest BCUT2D eigenvalue weighted by atomic mass is 19.4. The topological polar surface area (TPSA) is 17.1 Å².